The van der Waals surface area contributed by atoms with Gasteiger partial charge in [0, 0.05) is 35.6 Å². The highest BCUT2D eigenvalue weighted by Gasteiger charge is 2.30. The van der Waals surface area contributed by atoms with Crippen LogP contribution >= 0.6 is 23.8 Å². The van der Waals surface area contributed by atoms with E-state index in [1.54, 1.807) is 0 Å². The van der Waals surface area contributed by atoms with Gasteiger partial charge >= 0.3 is 0 Å². The lowest BCUT2D eigenvalue weighted by Crippen LogP contribution is -2.41. The number of nitrogens with one attached hydrogen (secondary N) is 1. The summed E-state index contributed by atoms with van der Waals surface area (Å²) in [5, 5.41) is 8.76. The zero-order chi connectivity index (χ0) is 22.9. The third-order valence-electron chi connectivity index (χ3n) is 6.42. The lowest BCUT2D eigenvalue weighted by molar-refractivity contribution is -0.126. The van der Waals surface area contributed by atoms with E-state index in [0.717, 1.165) is 61.4 Å². The molecule has 1 aliphatic heterocycles. The molecule has 0 atom stereocenters. The first-order valence-electron chi connectivity index (χ1n) is 11.5. The minimum absolute atomic E-state index is 0.115. The third-order valence-corrected chi connectivity index (χ3v) is 7.06. The number of aryl methyl sites for hydroxylation is 1. The van der Waals surface area contributed by atoms with Crippen LogP contribution in [0.4, 0.5) is 0 Å². The Morgan fingerprint density at radius 3 is 2.52 bits per heavy atom. The van der Waals surface area contributed by atoms with Gasteiger partial charge in [0.25, 0.3) is 0 Å². The van der Waals surface area contributed by atoms with Crippen molar-refractivity contribution in [1.29, 1.82) is 0 Å². The maximum Gasteiger partial charge on any atom is 0.223 e. The van der Waals surface area contributed by atoms with Gasteiger partial charge in [0.15, 0.2) is 5.82 Å². The molecule has 2 aliphatic rings. The Labute approximate surface area is 204 Å². The Hall–Kier alpha value is -2.48. The van der Waals surface area contributed by atoms with E-state index in [1.807, 2.05) is 39.6 Å². The van der Waals surface area contributed by atoms with E-state index in [2.05, 4.69) is 35.3 Å². The van der Waals surface area contributed by atoms with Crippen molar-refractivity contribution in [1.82, 2.24) is 24.6 Å². The van der Waals surface area contributed by atoms with Gasteiger partial charge in [-0.2, -0.15) is 0 Å². The number of likely N-dealkylation sites (tertiary alicyclic amines) is 1. The quantitative estimate of drug-likeness (QED) is 0.504. The number of hydrogen-bond acceptors (Lipinski definition) is 4. The second-order valence-electron chi connectivity index (χ2n) is 9.10. The van der Waals surface area contributed by atoms with Crippen LogP contribution in [0.25, 0.3) is 17.1 Å². The number of halogens is 1. The molecule has 1 aromatic heterocycles. The Kier molecular flexibility index (Phi) is 6.36. The Balaban J connectivity index is 1.39. The fourth-order valence-electron chi connectivity index (χ4n) is 4.36. The van der Waals surface area contributed by atoms with Gasteiger partial charge in [-0.25, -0.2) is 4.68 Å². The van der Waals surface area contributed by atoms with Gasteiger partial charge in [-0.05, 0) is 86.8 Å². The van der Waals surface area contributed by atoms with E-state index < -0.39 is 0 Å². The summed E-state index contributed by atoms with van der Waals surface area (Å²) >= 11 is 12.0. The van der Waals surface area contributed by atoms with Crippen molar-refractivity contribution in [3.63, 3.8) is 0 Å². The van der Waals surface area contributed by atoms with Crippen molar-refractivity contribution >= 4 is 29.7 Å². The fourth-order valence-corrected chi connectivity index (χ4v) is 4.77. The van der Waals surface area contributed by atoms with Crippen LogP contribution in [0.5, 0.6) is 0 Å². The summed E-state index contributed by atoms with van der Waals surface area (Å²) in [6, 6.07) is 16.4. The number of piperidine rings is 1. The number of nitrogens with zero attached hydrogens (tertiary/aromatic N) is 4. The third kappa shape index (κ3) is 5.05. The molecule has 1 saturated carbocycles. The van der Waals surface area contributed by atoms with E-state index in [1.165, 1.54) is 0 Å². The number of hydrogen-bond donors (Lipinski definition) is 1. The summed E-state index contributed by atoms with van der Waals surface area (Å²) in [6.45, 7) is 4.40. The molecule has 8 heteroatoms. The molecular weight excluding hydrogens is 454 g/mol. The maximum absolute atomic E-state index is 12.4. The van der Waals surface area contributed by atoms with Crippen molar-refractivity contribution in [2.75, 3.05) is 13.1 Å². The Bertz CT molecular complexity index is 1210. The summed E-state index contributed by atoms with van der Waals surface area (Å²) in [6.07, 6.45) is 3.99. The van der Waals surface area contributed by atoms with Crippen molar-refractivity contribution in [2.45, 2.75) is 45.3 Å². The zero-order valence-corrected chi connectivity index (χ0v) is 20.3. The molecule has 2 fully saturated rings. The predicted octanol–water partition coefficient (Wildman–Crippen LogP) is 4.98. The summed E-state index contributed by atoms with van der Waals surface area (Å²) in [4.78, 5) is 14.7. The molecule has 1 saturated heterocycles. The second-order valence-corrected chi connectivity index (χ2v) is 9.91. The number of rotatable bonds is 6. The minimum atomic E-state index is 0.115. The molecule has 33 heavy (non-hydrogen) atoms. The van der Waals surface area contributed by atoms with Crippen molar-refractivity contribution < 1.29 is 4.79 Å². The molecule has 3 aromatic rings. The average molecular weight is 482 g/mol. The number of amides is 1. The normalized spacial score (nSPS) is 17.3. The van der Waals surface area contributed by atoms with Gasteiger partial charge in [0.1, 0.15) is 0 Å². The molecule has 0 bridgehead atoms. The van der Waals surface area contributed by atoms with Crippen LogP contribution in [0, 0.1) is 17.6 Å². The monoisotopic (exact) mass is 481 g/mol. The first kappa shape index (κ1) is 22.3. The van der Waals surface area contributed by atoms with E-state index in [0.29, 0.717) is 22.5 Å². The molecule has 0 radical (unpaired) electrons. The topological polar surface area (TPSA) is 55.1 Å². The zero-order valence-electron chi connectivity index (χ0n) is 18.7. The molecular formula is C25H28ClN5OS. The van der Waals surface area contributed by atoms with Gasteiger partial charge in [0.05, 0.1) is 12.4 Å². The highest BCUT2D eigenvalue weighted by molar-refractivity contribution is 7.71. The van der Waals surface area contributed by atoms with Crippen LogP contribution < -0.4 is 5.32 Å². The van der Waals surface area contributed by atoms with Crippen molar-refractivity contribution in [3.05, 3.63) is 63.9 Å². The number of carbonyl (C=O) groups is 1. The molecule has 1 aliphatic carbocycles. The molecule has 0 spiro atoms. The summed E-state index contributed by atoms with van der Waals surface area (Å²) in [7, 11) is 0. The van der Waals surface area contributed by atoms with Crippen LogP contribution in [-0.4, -0.2) is 44.3 Å². The summed E-state index contributed by atoms with van der Waals surface area (Å²) in [5.74, 6) is 1.13. The highest BCUT2D eigenvalue weighted by atomic mass is 35.5. The molecule has 1 amide bonds. The van der Waals surface area contributed by atoms with E-state index in [4.69, 9.17) is 28.9 Å². The Morgan fingerprint density at radius 1 is 1.12 bits per heavy atom. The number of aromatic nitrogens is 3. The van der Waals surface area contributed by atoms with Crippen molar-refractivity contribution in [2.24, 2.45) is 5.92 Å². The van der Waals surface area contributed by atoms with E-state index in [9.17, 15) is 4.79 Å². The lowest BCUT2D eigenvalue weighted by Gasteiger charge is -2.30. The largest absolute Gasteiger partial charge is 0.353 e. The van der Waals surface area contributed by atoms with Gasteiger partial charge in [-0.15, -0.1) is 5.10 Å². The standard InChI is InChI=1S/C25H28ClN5OS/c1-17-3-2-4-22(15-17)31-23(18-5-7-20(26)8-6-18)28-30(25(31)33)16-29-13-11-19(12-14-29)24(32)27-21-9-10-21/h2-8,15,19,21H,9-14,16H2,1H3,(H,27,32). The van der Waals surface area contributed by atoms with Crippen LogP contribution in [0.1, 0.15) is 31.2 Å². The number of benzene rings is 2. The SMILES string of the molecule is Cc1cccc(-n2c(-c3ccc(Cl)cc3)nn(CN3CCC(C(=O)NC4CC4)CC3)c2=S)c1. The molecule has 2 aromatic carbocycles. The predicted molar refractivity (Wildman–Crippen MR) is 133 cm³/mol. The maximum atomic E-state index is 12.4. The molecule has 5 rings (SSSR count). The van der Waals surface area contributed by atoms with Crippen LogP contribution in [0.2, 0.25) is 5.02 Å². The smallest absolute Gasteiger partial charge is 0.223 e. The molecule has 0 unspecified atom stereocenters. The van der Waals surface area contributed by atoms with E-state index in [-0.39, 0.29) is 11.8 Å². The van der Waals surface area contributed by atoms with Gasteiger partial charge in [-0.3, -0.25) is 14.3 Å². The minimum Gasteiger partial charge on any atom is -0.353 e. The summed E-state index contributed by atoms with van der Waals surface area (Å²) < 4.78 is 4.58. The van der Waals surface area contributed by atoms with Gasteiger partial charge in [0.2, 0.25) is 10.7 Å². The fraction of sp³-hybridized carbons (Fsp3) is 0.400. The molecule has 172 valence electrons. The lowest BCUT2D eigenvalue weighted by atomic mass is 9.96. The average Bonchev–Trinajstić information content (AvgIpc) is 3.57. The molecule has 1 N–H and O–H groups in total. The van der Waals surface area contributed by atoms with Crippen LogP contribution in [-0.2, 0) is 11.5 Å². The van der Waals surface area contributed by atoms with Crippen LogP contribution in [0.15, 0.2) is 48.5 Å². The first-order chi connectivity index (χ1) is 16.0. The molecule has 2 heterocycles. The number of carbonyl (C=O) groups excluding carboxylic acids is 1. The second kappa shape index (κ2) is 9.41. The summed E-state index contributed by atoms with van der Waals surface area (Å²) in [5.41, 5.74) is 3.11. The van der Waals surface area contributed by atoms with Gasteiger partial charge < -0.3 is 5.32 Å². The first-order valence-corrected chi connectivity index (χ1v) is 12.3. The van der Waals surface area contributed by atoms with E-state index >= 15 is 0 Å². The molecule has 6 nitrogen and oxygen atoms in total. The Morgan fingerprint density at radius 2 is 1.85 bits per heavy atom. The van der Waals surface area contributed by atoms with Crippen LogP contribution in [0.3, 0.4) is 0 Å². The van der Waals surface area contributed by atoms with Gasteiger partial charge in [-0.1, -0.05) is 23.7 Å². The highest BCUT2D eigenvalue weighted by Crippen LogP contribution is 2.26. The van der Waals surface area contributed by atoms with Crippen molar-refractivity contribution in [3.8, 4) is 17.1 Å².